The van der Waals surface area contributed by atoms with Gasteiger partial charge in [0.25, 0.3) is 0 Å². The van der Waals surface area contributed by atoms with Crippen LogP contribution < -0.4 is 0 Å². The predicted octanol–water partition coefficient (Wildman–Crippen LogP) is 0.171. The van der Waals surface area contributed by atoms with E-state index in [9.17, 15) is 0 Å². The Hall–Kier alpha value is -0.120. The molecule has 0 bridgehead atoms. The molecule has 0 spiro atoms. The molecule has 1 heterocycles. The van der Waals surface area contributed by atoms with E-state index in [1.807, 2.05) is 0 Å². The van der Waals surface area contributed by atoms with Gasteiger partial charge < -0.3 is 10.2 Å². The van der Waals surface area contributed by atoms with Crippen LogP contribution in [0.4, 0.5) is 0 Å². The zero-order valence-corrected chi connectivity index (χ0v) is 7.32. The molecular formula is C9H17NO2. The number of rotatable bonds is 2. The molecule has 2 aliphatic rings. The summed E-state index contributed by atoms with van der Waals surface area (Å²) in [5, 5.41) is 17.9. The zero-order valence-electron chi connectivity index (χ0n) is 7.32. The van der Waals surface area contributed by atoms with E-state index in [0.29, 0.717) is 0 Å². The maximum Gasteiger partial charge on any atom is 0.155 e. The Morgan fingerprint density at radius 2 is 1.92 bits per heavy atom. The second kappa shape index (κ2) is 3.32. The third kappa shape index (κ3) is 1.49. The van der Waals surface area contributed by atoms with E-state index in [1.54, 1.807) is 0 Å². The van der Waals surface area contributed by atoms with E-state index in [-0.39, 0.29) is 5.92 Å². The lowest BCUT2D eigenvalue weighted by Gasteiger charge is -2.34. The van der Waals surface area contributed by atoms with Crippen molar-refractivity contribution in [1.82, 2.24) is 4.90 Å². The van der Waals surface area contributed by atoms with E-state index in [2.05, 4.69) is 4.90 Å². The van der Waals surface area contributed by atoms with E-state index in [4.69, 9.17) is 10.2 Å². The quantitative estimate of drug-likeness (QED) is 0.582. The highest BCUT2D eigenvalue weighted by Gasteiger charge is 2.33. The highest BCUT2D eigenvalue weighted by Crippen LogP contribution is 2.30. The van der Waals surface area contributed by atoms with Crippen LogP contribution in [0.5, 0.6) is 0 Å². The topological polar surface area (TPSA) is 43.7 Å². The SMILES string of the molecule is OC(O)C1CCN(C2CCC2)C1. The van der Waals surface area contributed by atoms with Gasteiger partial charge in [0.15, 0.2) is 6.29 Å². The molecule has 0 aromatic carbocycles. The summed E-state index contributed by atoms with van der Waals surface area (Å²) in [6.45, 7) is 1.95. The molecule has 1 unspecified atom stereocenters. The second-order valence-electron chi connectivity index (χ2n) is 4.04. The molecule has 0 radical (unpaired) electrons. The Morgan fingerprint density at radius 3 is 2.33 bits per heavy atom. The largest absolute Gasteiger partial charge is 0.368 e. The fraction of sp³-hybridized carbons (Fsp3) is 1.00. The number of hydrogen-bond acceptors (Lipinski definition) is 3. The number of likely N-dealkylation sites (tertiary alicyclic amines) is 1. The van der Waals surface area contributed by atoms with Gasteiger partial charge in [-0.05, 0) is 25.8 Å². The van der Waals surface area contributed by atoms with Crippen molar-refractivity contribution in [3.8, 4) is 0 Å². The summed E-state index contributed by atoms with van der Waals surface area (Å²) in [5.74, 6) is 0.102. The Labute approximate surface area is 73.0 Å². The molecule has 3 heteroatoms. The maximum absolute atomic E-state index is 8.97. The molecule has 0 aromatic rings. The highest BCUT2D eigenvalue weighted by molar-refractivity contribution is 4.86. The molecule has 2 rings (SSSR count). The van der Waals surface area contributed by atoms with Gasteiger partial charge in [0.1, 0.15) is 0 Å². The molecule has 3 nitrogen and oxygen atoms in total. The van der Waals surface area contributed by atoms with Gasteiger partial charge in [0.2, 0.25) is 0 Å². The second-order valence-corrected chi connectivity index (χ2v) is 4.04. The van der Waals surface area contributed by atoms with Crippen LogP contribution in [-0.2, 0) is 0 Å². The molecule has 12 heavy (non-hydrogen) atoms. The van der Waals surface area contributed by atoms with Crippen LogP contribution in [0.25, 0.3) is 0 Å². The van der Waals surface area contributed by atoms with E-state index < -0.39 is 6.29 Å². The summed E-state index contributed by atoms with van der Waals surface area (Å²) in [6, 6.07) is 0.758. The first kappa shape index (κ1) is 8.48. The first-order valence-electron chi connectivity index (χ1n) is 4.87. The summed E-state index contributed by atoms with van der Waals surface area (Å²) in [5.41, 5.74) is 0. The normalized spacial score (nSPS) is 32.8. The molecule has 70 valence electrons. The third-order valence-corrected chi connectivity index (χ3v) is 3.27. The Balaban J connectivity index is 1.81. The molecular weight excluding hydrogens is 154 g/mol. The van der Waals surface area contributed by atoms with Gasteiger partial charge in [-0.2, -0.15) is 0 Å². The van der Waals surface area contributed by atoms with Crippen molar-refractivity contribution in [1.29, 1.82) is 0 Å². The fourth-order valence-corrected chi connectivity index (χ4v) is 2.14. The van der Waals surface area contributed by atoms with Crippen molar-refractivity contribution in [3.05, 3.63) is 0 Å². The predicted molar refractivity (Wildman–Crippen MR) is 45.5 cm³/mol. The lowest BCUT2D eigenvalue weighted by molar-refractivity contribution is -0.0813. The Morgan fingerprint density at radius 1 is 1.17 bits per heavy atom. The van der Waals surface area contributed by atoms with Crippen LogP contribution in [0.15, 0.2) is 0 Å². The van der Waals surface area contributed by atoms with Gasteiger partial charge in [-0.3, -0.25) is 4.90 Å². The van der Waals surface area contributed by atoms with Crippen molar-refractivity contribution in [2.45, 2.75) is 38.0 Å². The third-order valence-electron chi connectivity index (χ3n) is 3.27. The summed E-state index contributed by atoms with van der Waals surface area (Å²) in [7, 11) is 0. The molecule has 1 saturated heterocycles. The average Bonchev–Trinajstić information content (AvgIpc) is 2.32. The van der Waals surface area contributed by atoms with Crippen LogP contribution in [0.3, 0.4) is 0 Å². The standard InChI is InChI=1S/C9H17NO2/c11-9(12)7-4-5-10(6-7)8-2-1-3-8/h7-9,11-12H,1-6H2. The summed E-state index contributed by atoms with van der Waals surface area (Å²) >= 11 is 0. The minimum Gasteiger partial charge on any atom is -0.368 e. The van der Waals surface area contributed by atoms with Crippen molar-refractivity contribution < 1.29 is 10.2 Å². The summed E-state index contributed by atoms with van der Waals surface area (Å²) in [4.78, 5) is 2.41. The number of hydrogen-bond donors (Lipinski definition) is 2. The van der Waals surface area contributed by atoms with Crippen LogP contribution >= 0.6 is 0 Å². The summed E-state index contributed by atoms with van der Waals surface area (Å²) in [6.07, 6.45) is 3.83. The Bertz CT molecular complexity index is 157. The van der Waals surface area contributed by atoms with Gasteiger partial charge in [-0.15, -0.1) is 0 Å². The van der Waals surface area contributed by atoms with Crippen molar-refractivity contribution in [2.75, 3.05) is 13.1 Å². The number of nitrogens with zero attached hydrogens (tertiary/aromatic N) is 1. The monoisotopic (exact) mass is 171 g/mol. The van der Waals surface area contributed by atoms with Crippen molar-refractivity contribution in [2.24, 2.45) is 5.92 Å². The zero-order chi connectivity index (χ0) is 8.55. The molecule has 1 atom stereocenters. The van der Waals surface area contributed by atoms with Crippen LogP contribution in [0.2, 0.25) is 0 Å². The van der Waals surface area contributed by atoms with E-state index >= 15 is 0 Å². The van der Waals surface area contributed by atoms with Crippen molar-refractivity contribution in [3.63, 3.8) is 0 Å². The highest BCUT2D eigenvalue weighted by atomic mass is 16.5. The van der Waals surface area contributed by atoms with Gasteiger partial charge in [-0.1, -0.05) is 6.42 Å². The Kier molecular flexibility index (Phi) is 2.35. The first-order valence-corrected chi connectivity index (χ1v) is 4.87. The van der Waals surface area contributed by atoms with Crippen LogP contribution in [-0.4, -0.2) is 40.5 Å². The van der Waals surface area contributed by atoms with E-state index in [0.717, 1.165) is 25.6 Å². The molecule has 2 fully saturated rings. The van der Waals surface area contributed by atoms with Gasteiger partial charge >= 0.3 is 0 Å². The maximum atomic E-state index is 8.97. The summed E-state index contributed by atoms with van der Waals surface area (Å²) < 4.78 is 0. The van der Waals surface area contributed by atoms with E-state index in [1.165, 1.54) is 19.3 Å². The molecule has 1 aliphatic heterocycles. The minimum atomic E-state index is -1.10. The van der Waals surface area contributed by atoms with Crippen molar-refractivity contribution >= 4 is 0 Å². The van der Waals surface area contributed by atoms with Gasteiger partial charge in [0, 0.05) is 18.5 Å². The smallest absolute Gasteiger partial charge is 0.155 e. The fourth-order valence-electron chi connectivity index (χ4n) is 2.14. The molecule has 0 aromatic heterocycles. The average molecular weight is 171 g/mol. The molecule has 0 amide bonds. The minimum absolute atomic E-state index is 0.102. The molecule has 2 N–H and O–H groups in total. The van der Waals surface area contributed by atoms with Gasteiger partial charge in [-0.25, -0.2) is 0 Å². The number of aliphatic hydroxyl groups is 2. The first-order chi connectivity index (χ1) is 5.77. The lowest BCUT2D eigenvalue weighted by Crippen LogP contribution is -2.39. The molecule has 1 saturated carbocycles. The van der Waals surface area contributed by atoms with Crippen LogP contribution in [0, 0.1) is 5.92 Å². The van der Waals surface area contributed by atoms with Gasteiger partial charge in [0.05, 0.1) is 0 Å². The molecule has 1 aliphatic carbocycles. The lowest BCUT2D eigenvalue weighted by atomic mass is 9.92. The number of aliphatic hydroxyl groups excluding tert-OH is 1. The van der Waals surface area contributed by atoms with Crippen LogP contribution in [0.1, 0.15) is 25.7 Å².